The van der Waals surface area contributed by atoms with Gasteiger partial charge in [-0.3, -0.25) is 0 Å². The molecular weight excluding hydrogens is 294 g/mol. The van der Waals surface area contributed by atoms with E-state index in [1.807, 2.05) is 12.1 Å². The molecule has 18 heavy (non-hydrogen) atoms. The Balaban J connectivity index is 2.07. The third-order valence-corrected chi connectivity index (χ3v) is 4.00. The monoisotopic (exact) mass is 313 g/mol. The van der Waals surface area contributed by atoms with Crippen LogP contribution in [0.3, 0.4) is 0 Å². The molecular formula is C14H20BrNO2. The van der Waals surface area contributed by atoms with Gasteiger partial charge in [-0.2, -0.15) is 0 Å². The van der Waals surface area contributed by atoms with Gasteiger partial charge in [0.25, 0.3) is 0 Å². The highest BCUT2D eigenvalue weighted by atomic mass is 79.9. The van der Waals surface area contributed by atoms with E-state index in [-0.39, 0.29) is 6.61 Å². The van der Waals surface area contributed by atoms with Crippen molar-refractivity contribution in [1.29, 1.82) is 0 Å². The van der Waals surface area contributed by atoms with Gasteiger partial charge in [-0.15, -0.1) is 0 Å². The van der Waals surface area contributed by atoms with Crippen LogP contribution in [0.5, 0.6) is 0 Å². The van der Waals surface area contributed by atoms with Crippen molar-refractivity contribution in [3.8, 4) is 0 Å². The van der Waals surface area contributed by atoms with Gasteiger partial charge in [-0.1, -0.05) is 22.0 Å². The van der Waals surface area contributed by atoms with Gasteiger partial charge >= 0.3 is 0 Å². The van der Waals surface area contributed by atoms with Crippen molar-refractivity contribution in [2.45, 2.75) is 19.4 Å². The zero-order valence-corrected chi connectivity index (χ0v) is 12.3. The SMILES string of the molecule is CN(CC1CCOCC1)c1cc(Br)ccc1CO. The number of nitrogens with zero attached hydrogens (tertiary/aromatic N) is 1. The van der Waals surface area contributed by atoms with Crippen molar-refractivity contribution in [2.75, 3.05) is 31.7 Å². The number of hydrogen-bond acceptors (Lipinski definition) is 3. The number of aliphatic hydroxyl groups excluding tert-OH is 1. The van der Waals surface area contributed by atoms with E-state index >= 15 is 0 Å². The Labute approximate surface area is 117 Å². The van der Waals surface area contributed by atoms with Crippen molar-refractivity contribution >= 4 is 21.6 Å². The van der Waals surface area contributed by atoms with E-state index in [2.05, 4.69) is 33.9 Å². The van der Waals surface area contributed by atoms with Crippen LogP contribution in [0.4, 0.5) is 5.69 Å². The first-order valence-corrected chi connectivity index (χ1v) is 7.18. The van der Waals surface area contributed by atoms with Gasteiger partial charge in [-0.25, -0.2) is 0 Å². The molecule has 0 aliphatic carbocycles. The highest BCUT2D eigenvalue weighted by molar-refractivity contribution is 9.10. The summed E-state index contributed by atoms with van der Waals surface area (Å²) in [6.45, 7) is 2.86. The number of hydrogen-bond donors (Lipinski definition) is 1. The molecule has 1 aromatic rings. The molecule has 0 spiro atoms. The van der Waals surface area contributed by atoms with Crippen LogP contribution in [-0.2, 0) is 11.3 Å². The van der Waals surface area contributed by atoms with Gasteiger partial charge in [0.15, 0.2) is 0 Å². The lowest BCUT2D eigenvalue weighted by Crippen LogP contribution is -2.30. The van der Waals surface area contributed by atoms with Gasteiger partial charge in [0.2, 0.25) is 0 Å². The minimum atomic E-state index is 0.0841. The zero-order valence-electron chi connectivity index (χ0n) is 10.7. The summed E-state index contributed by atoms with van der Waals surface area (Å²) in [6.07, 6.45) is 2.26. The Kier molecular flexibility index (Phi) is 5.03. The molecule has 0 atom stereocenters. The Morgan fingerprint density at radius 2 is 2.11 bits per heavy atom. The maximum atomic E-state index is 9.40. The van der Waals surface area contributed by atoms with E-state index < -0.39 is 0 Å². The van der Waals surface area contributed by atoms with E-state index in [9.17, 15) is 5.11 Å². The lowest BCUT2D eigenvalue weighted by molar-refractivity contribution is 0.0685. The number of aliphatic hydroxyl groups is 1. The van der Waals surface area contributed by atoms with Crippen molar-refractivity contribution < 1.29 is 9.84 Å². The summed E-state index contributed by atoms with van der Waals surface area (Å²) in [5.74, 6) is 0.689. The highest BCUT2D eigenvalue weighted by Gasteiger charge is 2.17. The number of anilines is 1. The van der Waals surface area contributed by atoms with Crippen LogP contribution in [0.15, 0.2) is 22.7 Å². The van der Waals surface area contributed by atoms with Crippen molar-refractivity contribution in [3.05, 3.63) is 28.2 Å². The topological polar surface area (TPSA) is 32.7 Å². The van der Waals surface area contributed by atoms with E-state index in [1.165, 1.54) is 0 Å². The first kappa shape index (κ1) is 13.8. The summed E-state index contributed by atoms with van der Waals surface area (Å²) in [7, 11) is 2.09. The second-order valence-corrected chi connectivity index (χ2v) is 5.78. The molecule has 3 nitrogen and oxygen atoms in total. The first-order valence-electron chi connectivity index (χ1n) is 6.39. The molecule has 100 valence electrons. The third kappa shape index (κ3) is 3.46. The highest BCUT2D eigenvalue weighted by Crippen LogP contribution is 2.26. The smallest absolute Gasteiger partial charge is 0.0702 e. The van der Waals surface area contributed by atoms with Crippen LogP contribution in [0.25, 0.3) is 0 Å². The quantitative estimate of drug-likeness (QED) is 0.927. The van der Waals surface area contributed by atoms with Gasteiger partial charge in [0, 0.05) is 42.5 Å². The number of halogens is 1. The van der Waals surface area contributed by atoms with Crippen molar-refractivity contribution in [2.24, 2.45) is 5.92 Å². The molecule has 2 rings (SSSR count). The zero-order chi connectivity index (χ0) is 13.0. The van der Waals surface area contributed by atoms with Gasteiger partial charge < -0.3 is 14.7 Å². The second-order valence-electron chi connectivity index (χ2n) is 4.87. The molecule has 1 N–H and O–H groups in total. The van der Waals surface area contributed by atoms with Crippen LogP contribution in [0.2, 0.25) is 0 Å². The maximum absolute atomic E-state index is 9.40. The largest absolute Gasteiger partial charge is 0.392 e. The minimum absolute atomic E-state index is 0.0841. The summed E-state index contributed by atoms with van der Waals surface area (Å²) < 4.78 is 6.43. The number of ether oxygens (including phenoxy) is 1. The number of rotatable bonds is 4. The van der Waals surface area contributed by atoms with E-state index in [4.69, 9.17) is 4.74 Å². The Morgan fingerprint density at radius 3 is 2.78 bits per heavy atom. The lowest BCUT2D eigenvalue weighted by atomic mass is 9.99. The fourth-order valence-electron chi connectivity index (χ4n) is 2.44. The summed E-state index contributed by atoms with van der Waals surface area (Å²) in [4.78, 5) is 2.24. The van der Waals surface area contributed by atoms with Crippen molar-refractivity contribution in [1.82, 2.24) is 0 Å². The molecule has 0 radical (unpaired) electrons. The Hall–Kier alpha value is -0.580. The van der Waals surface area contributed by atoms with Crippen LogP contribution in [0, 0.1) is 5.92 Å². The normalized spacial score (nSPS) is 16.8. The van der Waals surface area contributed by atoms with Crippen LogP contribution >= 0.6 is 15.9 Å². The molecule has 1 heterocycles. The molecule has 1 saturated heterocycles. The van der Waals surface area contributed by atoms with Crippen molar-refractivity contribution in [3.63, 3.8) is 0 Å². The molecule has 4 heteroatoms. The van der Waals surface area contributed by atoms with E-state index in [0.717, 1.165) is 48.3 Å². The Bertz CT molecular complexity index is 391. The molecule has 0 amide bonds. The standard InChI is InChI=1S/C14H20BrNO2/c1-16(9-11-4-6-18-7-5-11)14-8-13(15)3-2-12(14)10-17/h2-3,8,11,17H,4-7,9-10H2,1H3. The fourth-order valence-corrected chi connectivity index (χ4v) is 2.79. The molecule has 0 unspecified atom stereocenters. The summed E-state index contributed by atoms with van der Waals surface area (Å²) >= 11 is 3.49. The van der Waals surface area contributed by atoms with E-state index in [1.54, 1.807) is 0 Å². The van der Waals surface area contributed by atoms with E-state index in [0.29, 0.717) is 5.92 Å². The number of benzene rings is 1. The molecule has 0 saturated carbocycles. The van der Waals surface area contributed by atoms with Crippen LogP contribution in [-0.4, -0.2) is 31.9 Å². The maximum Gasteiger partial charge on any atom is 0.0702 e. The van der Waals surface area contributed by atoms with Crippen LogP contribution in [0.1, 0.15) is 18.4 Å². The molecule has 1 aliphatic heterocycles. The average molecular weight is 314 g/mol. The molecule has 1 aromatic carbocycles. The van der Waals surface area contributed by atoms with Gasteiger partial charge in [0.05, 0.1) is 6.61 Å². The van der Waals surface area contributed by atoms with Gasteiger partial charge in [-0.05, 0) is 30.9 Å². The lowest BCUT2D eigenvalue weighted by Gasteiger charge is -2.29. The van der Waals surface area contributed by atoms with Gasteiger partial charge in [0.1, 0.15) is 0 Å². The average Bonchev–Trinajstić information content (AvgIpc) is 2.40. The molecule has 0 aromatic heterocycles. The molecule has 1 fully saturated rings. The first-order chi connectivity index (χ1) is 8.70. The molecule has 0 bridgehead atoms. The summed E-state index contributed by atoms with van der Waals surface area (Å²) in [5.41, 5.74) is 2.09. The minimum Gasteiger partial charge on any atom is -0.392 e. The summed E-state index contributed by atoms with van der Waals surface area (Å²) in [5, 5.41) is 9.40. The predicted molar refractivity (Wildman–Crippen MR) is 76.9 cm³/mol. The second kappa shape index (κ2) is 6.55. The van der Waals surface area contributed by atoms with Crippen LogP contribution < -0.4 is 4.90 Å². The third-order valence-electron chi connectivity index (χ3n) is 3.50. The predicted octanol–water partition coefficient (Wildman–Crippen LogP) is 2.80. The molecule has 1 aliphatic rings. The fraction of sp³-hybridized carbons (Fsp3) is 0.571. The summed E-state index contributed by atoms with van der Waals surface area (Å²) in [6, 6.07) is 6.02. The Morgan fingerprint density at radius 1 is 1.39 bits per heavy atom.